The summed E-state index contributed by atoms with van der Waals surface area (Å²) >= 11 is 0. The fourth-order valence-corrected chi connectivity index (χ4v) is 3.32. The van der Waals surface area contributed by atoms with Crippen LogP contribution in [0.1, 0.15) is 52.0 Å². The van der Waals surface area contributed by atoms with Gasteiger partial charge in [-0.15, -0.1) is 0 Å². The number of methoxy groups -OCH3 is 1. The second kappa shape index (κ2) is 10.7. The van der Waals surface area contributed by atoms with Gasteiger partial charge >= 0.3 is 5.97 Å². The van der Waals surface area contributed by atoms with Gasteiger partial charge in [-0.25, -0.2) is 4.79 Å². The van der Waals surface area contributed by atoms with Gasteiger partial charge in [-0.2, -0.15) is 0 Å². The zero-order chi connectivity index (χ0) is 20.5. The summed E-state index contributed by atoms with van der Waals surface area (Å²) in [7, 11) is 1.56. The average Bonchev–Trinajstić information content (AvgIpc) is 2.69. The molecule has 6 heteroatoms. The monoisotopic (exact) mass is 389 g/mol. The Kier molecular flexibility index (Phi) is 8.36. The van der Waals surface area contributed by atoms with Gasteiger partial charge in [-0.1, -0.05) is 25.8 Å². The Morgan fingerprint density at radius 1 is 1.25 bits per heavy atom. The summed E-state index contributed by atoms with van der Waals surface area (Å²) in [6, 6.07) is 5.54. The molecule has 1 aromatic rings. The third-order valence-electron chi connectivity index (χ3n) is 5.00. The van der Waals surface area contributed by atoms with Crippen molar-refractivity contribution in [3.63, 3.8) is 0 Å². The smallest absolute Gasteiger partial charge is 0.331 e. The van der Waals surface area contributed by atoms with Gasteiger partial charge in [0.05, 0.1) is 13.7 Å². The van der Waals surface area contributed by atoms with Crippen LogP contribution < -0.4 is 14.8 Å². The maximum atomic E-state index is 12.3. The predicted molar refractivity (Wildman–Crippen MR) is 108 cm³/mol. The van der Waals surface area contributed by atoms with Gasteiger partial charge in [0, 0.05) is 12.1 Å². The van der Waals surface area contributed by atoms with Crippen LogP contribution >= 0.6 is 0 Å². The lowest BCUT2D eigenvalue weighted by Crippen LogP contribution is -2.45. The molecule has 0 aliphatic heterocycles. The summed E-state index contributed by atoms with van der Waals surface area (Å²) in [5.41, 5.74) is 0.769. The highest BCUT2D eigenvalue weighted by molar-refractivity contribution is 5.90. The van der Waals surface area contributed by atoms with E-state index in [1.54, 1.807) is 32.2 Å². The van der Waals surface area contributed by atoms with Crippen LogP contribution in [0.4, 0.5) is 0 Å². The van der Waals surface area contributed by atoms with Crippen LogP contribution in [-0.4, -0.2) is 37.7 Å². The van der Waals surface area contributed by atoms with E-state index in [1.165, 1.54) is 12.5 Å². The molecule has 1 amide bonds. The molecular weight excluding hydrogens is 358 g/mol. The summed E-state index contributed by atoms with van der Waals surface area (Å²) in [6.07, 6.45) is 6.52. The topological polar surface area (TPSA) is 73.9 Å². The van der Waals surface area contributed by atoms with Crippen LogP contribution in [0.15, 0.2) is 24.3 Å². The van der Waals surface area contributed by atoms with Crippen molar-refractivity contribution in [3.05, 3.63) is 29.8 Å². The Bertz CT molecular complexity index is 700. The lowest BCUT2D eigenvalue weighted by atomic mass is 9.86. The lowest BCUT2D eigenvalue weighted by Gasteiger charge is -2.30. The Balaban J connectivity index is 1.89. The van der Waals surface area contributed by atoms with Gasteiger partial charge in [-0.05, 0) is 56.4 Å². The minimum absolute atomic E-state index is 0.161. The molecule has 28 heavy (non-hydrogen) atoms. The van der Waals surface area contributed by atoms with Crippen molar-refractivity contribution < 1.29 is 23.8 Å². The first-order chi connectivity index (χ1) is 13.4. The standard InChI is InChI=1S/C22H31NO5/c1-5-27-19-12-10-17(14-20(19)26-4)11-13-21(24)28-16(3)22(25)23-18-9-7-6-8-15(18)2/h10-16,18H,5-9H2,1-4H3,(H,23,25)/b13-11+/t15-,16-,18-/m0/s1. The largest absolute Gasteiger partial charge is 0.493 e. The summed E-state index contributed by atoms with van der Waals surface area (Å²) in [4.78, 5) is 24.4. The molecule has 1 N–H and O–H groups in total. The fourth-order valence-electron chi connectivity index (χ4n) is 3.32. The van der Waals surface area contributed by atoms with E-state index < -0.39 is 12.1 Å². The third-order valence-corrected chi connectivity index (χ3v) is 5.00. The number of ether oxygens (including phenoxy) is 3. The normalized spacial score (nSPS) is 20.4. The number of amides is 1. The molecule has 1 aliphatic carbocycles. The van der Waals surface area contributed by atoms with Gasteiger partial charge < -0.3 is 19.5 Å². The molecule has 1 fully saturated rings. The molecular formula is C22H31NO5. The van der Waals surface area contributed by atoms with Crippen molar-refractivity contribution in [1.82, 2.24) is 5.32 Å². The minimum atomic E-state index is -0.832. The van der Waals surface area contributed by atoms with Crippen LogP contribution in [0, 0.1) is 5.92 Å². The Labute approximate surface area is 167 Å². The van der Waals surface area contributed by atoms with Crippen molar-refractivity contribution in [2.24, 2.45) is 5.92 Å². The number of rotatable bonds is 8. The highest BCUT2D eigenvalue weighted by atomic mass is 16.5. The number of esters is 1. The molecule has 0 radical (unpaired) electrons. The Hall–Kier alpha value is -2.50. The van der Waals surface area contributed by atoms with Crippen LogP contribution in [-0.2, 0) is 14.3 Å². The molecule has 0 saturated heterocycles. The van der Waals surface area contributed by atoms with E-state index in [-0.39, 0.29) is 11.9 Å². The molecule has 3 atom stereocenters. The number of hydrogen-bond acceptors (Lipinski definition) is 5. The van der Waals surface area contributed by atoms with Gasteiger partial charge in [-0.3, -0.25) is 4.79 Å². The summed E-state index contributed by atoms with van der Waals surface area (Å²) in [5, 5.41) is 3.01. The fraction of sp³-hybridized carbons (Fsp3) is 0.545. The van der Waals surface area contributed by atoms with Crippen molar-refractivity contribution in [2.45, 2.75) is 58.6 Å². The van der Waals surface area contributed by atoms with E-state index in [9.17, 15) is 9.59 Å². The van der Waals surface area contributed by atoms with Crippen LogP contribution in [0.5, 0.6) is 11.5 Å². The predicted octanol–water partition coefficient (Wildman–Crippen LogP) is 3.73. The van der Waals surface area contributed by atoms with E-state index in [0.29, 0.717) is 24.0 Å². The summed E-state index contributed by atoms with van der Waals surface area (Å²) < 4.78 is 16.0. The maximum Gasteiger partial charge on any atom is 0.331 e. The van der Waals surface area contributed by atoms with Crippen LogP contribution in [0.25, 0.3) is 6.08 Å². The van der Waals surface area contributed by atoms with Gasteiger partial charge in [0.2, 0.25) is 0 Å². The van der Waals surface area contributed by atoms with Crippen molar-refractivity contribution in [2.75, 3.05) is 13.7 Å². The molecule has 1 aromatic carbocycles. The molecule has 1 aliphatic rings. The number of nitrogens with one attached hydrogen (secondary N) is 1. The highest BCUT2D eigenvalue weighted by Crippen LogP contribution is 2.28. The van der Waals surface area contributed by atoms with Crippen LogP contribution in [0.3, 0.4) is 0 Å². The number of hydrogen-bond donors (Lipinski definition) is 1. The first-order valence-corrected chi connectivity index (χ1v) is 9.94. The van der Waals surface area contributed by atoms with Gasteiger partial charge in [0.1, 0.15) is 0 Å². The molecule has 2 rings (SSSR count). The van der Waals surface area contributed by atoms with Gasteiger partial charge in [0.25, 0.3) is 5.91 Å². The number of benzene rings is 1. The highest BCUT2D eigenvalue weighted by Gasteiger charge is 2.25. The molecule has 154 valence electrons. The van der Waals surface area contributed by atoms with E-state index >= 15 is 0 Å². The molecule has 0 aromatic heterocycles. The lowest BCUT2D eigenvalue weighted by molar-refractivity contribution is -0.150. The first kappa shape index (κ1) is 21.8. The number of carbonyl (C=O) groups is 2. The van der Waals surface area contributed by atoms with Crippen molar-refractivity contribution in [1.29, 1.82) is 0 Å². The third kappa shape index (κ3) is 6.29. The molecule has 6 nitrogen and oxygen atoms in total. The first-order valence-electron chi connectivity index (χ1n) is 9.94. The van der Waals surface area contributed by atoms with E-state index in [2.05, 4.69) is 12.2 Å². The Morgan fingerprint density at radius 2 is 2.00 bits per heavy atom. The van der Waals surface area contributed by atoms with E-state index in [1.807, 2.05) is 13.0 Å². The zero-order valence-electron chi connectivity index (χ0n) is 17.2. The molecule has 0 bridgehead atoms. The summed E-state index contributed by atoms with van der Waals surface area (Å²) in [6.45, 7) is 6.18. The van der Waals surface area contributed by atoms with Gasteiger partial charge in [0.15, 0.2) is 17.6 Å². The molecule has 0 heterocycles. The average molecular weight is 389 g/mol. The van der Waals surface area contributed by atoms with E-state index in [0.717, 1.165) is 24.8 Å². The maximum absolute atomic E-state index is 12.3. The second-order valence-electron chi connectivity index (χ2n) is 7.13. The molecule has 1 saturated carbocycles. The molecule has 0 unspecified atom stereocenters. The number of carbonyl (C=O) groups excluding carboxylic acids is 2. The Morgan fingerprint density at radius 3 is 2.68 bits per heavy atom. The SMILES string of the molecule is CCOc1ccc(/C=C/C(=O)O[C@@H](C)C(=O)N[C@H]2CCCC[C@@H]2C)cc1OC. The van der Waals surface area contributed by atoms with Crippen molar-refractivity contribution >= 4 is 18.0 Å². The molecule has 0 spiro atoms. The second-order valence-corrected chi connectivity index (χ2v) is 7.13. The zero-order valence-corrected chi connectivity index (χ0v) is 17.2. The van der Waals surface area contributed by atoms with E-state index in [4.69, 9.17) is 14.2 Å². The van der Waals surface area contributed by atoms with Crippen LogP contribution in [0.2, 0.25) is 0 Å². The minimum Gasteiger partial charge on any atom is -0.493 e. The van der Waals surface area contributed by atoms with Crippen molar-refractivity contribution in [3.8, 4) is 11.5 Å². The summed E-state index contributed by atoms with van der Waals surface area (Å²) in [5.74, 6) is 0.879. The quantitative estimate of drug-likeness (QED) is 0.542.